The summed E-state index contributed by atoms with van der Waals surface area (Å²) in [5, 5.41) is 10.5. The number of nitro groups is 1. The molecule has 20 heavy (non-hydrogen) atoms. The van der Waals surface area contributed by atoms with Gasteiger partial charge in [-0.25, -0.2) is 0 Å². The van der Waals surface area contributed by atoms with Crippen molar-refractivity contribution >= 4 is 16.1 Å². The summed E-state index contributed by atoms with van der Waals surface area (Å²) in [7, 11) is -4.29. The van der Waals surface area contributed by atoms with Gasteiger partial charge in [-0.05, 0) is 24.3 Å². The van der Waals surface area contributed by atoms with E-state index in [2.05, 4.69) is 4.18 Å². The van der Waals surface area contributed by atoms with E-state index < -0.39 is 15.3 Å². The van der Waals surface area contributed by atoms with Crippen LogP contribution in [0, 0.1) is 10.1 Å². The maximum absolute atomic E-state index is 11.6. The molecule has 0 unspecified atom stereocenters. The summed E-state index contributed by atoms with van der Waals surface area (Å²) >= 11 is 0. The molecule has 0 fully saturated rings. The zero-order valence-electron chi connectivity index (χ0n) is 10.0. The van der Waals surface area contributed by atoms with Gasteiger partial charge in [-0.2, -0.15) is 0 Å². The lowest BCUT2D eigenvalue weighted by Gasteiger charge is -2.07. The summed E-state index contributed by atoms with van der Waals surface area (Å²) < 4.78 is 32.6. The predicted octanol–water partition coefficient (Wildman–Crippen LogP) is 2.30. The van der Waals surface area contributed by atoms with E-state index in [4.69, 9.17) is 4.18 Å². The van der Waals surface area contributed by atoms with E-state index in [0.29, 0.717) is 0 Å². The molecular weight excluding hydrogens is 286 g/mol. The molecule has 8 heteroatoms. The van der Waals surface area contributed by atoms with Crippen LogP contribution in [0.2, 0.25) is 0 Å². The number of nitro benzene ring substituents is 1. The molecule has 7 nitrogen and oxygen atoms in total. The van der Waals surface area contributed by atoms with Crippen LogP contribution < -0.4 is 8.37 Å². The van der Waals surface area contributed by atoms with E-state index >= 15 is 0 Å². The molecule has 104 valence electrons. The molecule has 0 saturated heterocycles. The first-order chi connectivity index (χ1) is 9.46. The number of non-ortho nitro benzene ring substituents is 1. The predicted molar refractivity (Wildman–Crippen MR) is 69.7 cm³/mol. The Kier molecular flexibility index (Phi) is 3.85. The van der Waals surface area contributed by atoms with Gasteiger partial charge in [0.2, 0.25) is 0 Å². The van der Waals surface area contributed by atoms with E-state index in [1.54, 1.807) is 18.2 Å². The van der Waals surface area contributed by atoms with Crippen molar-refractivity contribution in [1.29, 1.82) is 0 Å². The van der Waals surface area contributed by atoms with Gasteiger partial charge in [0.25, 0.3) is 5.69 Å². The Morgan fingerprint density at radius 2 is 1.35 bits per heavy atom. The molecule has 0 atom stereocenters. The minimum Gasteiger partial charge on any atom is -0.353 e. The van der Waals surface area contributed by atoms with Crippen molar-refractivity contribution in [2.45, 2.75) is 0 Å². The number of hydrogen-bond acceptors (Lipinski definition) is 6. The molecule has 0 aliphatic carbocycles. The second kappa shape index (κ2) is 5.57. The Labute approximate surface area is 114 Å². The van der Waals surface area contributed by atoms with Crippen LogP contribution in [0.5, 0.6) is 11.5 Å². The average molecular weight is 295 g/mol. The quantitative estimate of drug-likeness (QED) is 0.620. The van der Waals surface area contributed by atoms with Crippen LogP contribution >= 0.6 is 0 Å². The standard InChI is InChI=1S/C12H9NO6S/c14-13(15)10-6-8-12(9-7-10)19-20(16,17)18-11-4-2-1-3-5-11/h1-9H. The third-order valence-electron chi connectivity index (χ3n) is 2.19. The van der Waals surface area contributed by atoms with E-state index in [-0.39, 0.29) is 17.2 Å². The Morgan fingerprint density at radius 3 is 1.85 bits per heavy atom. The van der Waals surface area contributed by atoms with Gasteiger partial charge in [0.1, 0.15) is 11.5 Å². The van der Waals surface area contributed by atoms with Crippen molar-refractivity contribution in [1.82, 2.24) is 0 Å². The Balaban J connectivity index is 2.10. The minimum absolute atomic E-state index is 0.0773. The molecular formula is C12H9NO6S. The highest BCUT2D eigenvalue weighted by atomic mass is 32.3. The number of para-hydroxylation sites is 1. The first-order valence-corrected chi connectivity index (χ1v) is 6.73. The van der Waals surface area contributed by atoms with E-state index in [1.165, 1.54) is 24.3 Å². The lowest BCUT2D eigenvalue weighted by molar-refractivity contribution is -0.384. The van der Waals surface area contributed by atoms with Gasteiger partial charge in [0.15, 0.2) is 0 Å². The van der Waals surface area contributed by atoms with Gasteiger partial charge in [0.05, 0.1) is 4.92 Å². The van der Waals surface area contributed by atoms with Crippen molar-refractivity contribution in [2.75, 3.05) is 0 Å². The van der Waals surface area contributed by atoms with Gasteiger partial charge < -0.3 is 8.37 Å². The van der Waals surface area contributed by atoms with Gasteiger partial charge in [-0.15, -0.1) is 8.42 Å². The summed E-state index contributed by atoms with van der Waals surface area (Å²) in [5.74, 6) is 0.0287. The molecule has 0 amide bonds. The number of hydrogen-bond donors (Lipinski definition) is 0. The van der Waals surface area contributed by atoms with Crippen LogP contribution in [0.1, 0.15) is 0 Å². The van der Waals surface area contributed by atoms with Gasteiger partial charge in [-0.3, -0.25) is 10.1 Å². The van der Waals surface area contributed by atoms with Crippen molar-refractivity contribution in [2.24, 2.45) is 0 Å². The minimum atomic E-state index is -4.29. The second-order valence-corrected chi connectivity index (χ2v) is 4.79. The Bertz CT molecular complexity index is 696. The number of benzene rings is 2. The van der Waals surface area contributed by atoms with Crippen LogP contribution in [-0.4, -0.2) is 13.3 Å². The smallest absolute Gasteiger partial charge is 0.353 e. The number of rotatable bonds is 5. The van der Waals surface area contributed by atoms with Gasteiger partial charge in [0, 0.05) is 12.1 Å². The summed E-state index contributed by atoms with van der Waals surface area (Å²) in [4.78, 5) is 9.86. The Morgan fingerprint density at radius 1 is 0.850 bits per heavy atom. The molecule has 0 aliphatic rings. The first-order valence-electron chi connectivity index (χ1n) is 5.40. The van der Waals surface area contributed by atoms with Crippen LogP contribution in [-0.2, 0) is 10.4 Å². The number of nitrogens with zero attached hydrogens (tertiary/aromatic N) is 1. The van der Waals surface area contributed by atoms with Crippen LogP contribution in [0.4, 0.5) is 5.69 Å². The molecule has 2 aromatic carbocycles. The summed E-state index contributed by atoms with van der Waals surface area (Å²) in [5.41, 5.74) is -0.168. The van der Waals surface area contributed by atoms with E-state index in [1.807, 2.05) is 0 Å². The van der Waals surface area contributed by atoms with Crippen LogP contribution in [0.25, 0.3) is 0 Å². The molecule has 0 N–H and O–H groups in total. The second-order valence-electron chi connectivity index (χ2n) is 3.64. The fourth-order valence-corrected chi connectivity index (χ4v) is 2.08. The highest BCUT2D eigenvalue weighted by molar-refractivity contribution is 7.82. The molecule has 0 heterocycles. The lowest BCUT2D eigenvalue weighted by atomic mass is 10.3. The molecule has 2 aromatic rings. The molecule has 0 aliphatic heterocycles. The summed E-state index contributed by atoms with van der Waals surface area (Å²) in [6, 6.07) is 12.4. The van der Waals surface area contributed by atoms with Crippen LogP contribution in [0.3, 0.4) is 0 Å². The van der Waals surface area contributed by atoms with Crippen molar-refractivity contribution < 1.29 is 21.7 Å². The molecule has 2 rings (SSSR count). The van der Waals surface area contributed by atoms with Crippen molar-refractivity contribution in [3.8, 4) is 11.5 Å². The largest absolute Gasteiger partial charge is 0.500 e. The first kappa shape index (κ1) is 13.8. The highest BCUT2D eigenvalue weighted by Crippen LogP contribution is 2.20. The molecule has 0 spiro atoms. The average Bonchev–Trinajstić information content (AvgIpc) is 2.39. The third kappa shape index (κ3) is 3.69. The molecule has 0 bridgehead atoms. The van der Waals surface area contributed by atoms with Crippen molar-refractivity contribution in [3.63, 3.8) is 0 Å². The highest BCUT2D eigenvalue weighted by Gasteiger charge is 2.16. The SMILES string of the molecule is O=[N+]([O-])c1ccc(OS(=O)(=O)Oc2ccccc2)cc1. The summed E-state index contributed by atoms with van der Waals surface area (Å²) in [6.45, 7) is 0. The summed E-state index contributed by atoms with van der Waals surface area (Å²) in [6.07, 6.45) is 0. The van der Waals surface area contributed by atoms with E-state index in [9.17, 15) is 18.5 Å². The fraction of sp³-hybridized carbons (Fsp3) is 0. The Hall–Kier alpha value is -2.61. The topological polar surface area (TPSA) is 95.7 Å². The molecule has 0 saturated carbocycles. The van der Waals surface area contributed by atoms with E-state index in [0.717, 1.165) is 12.1 Å². The van der Waals surface area contributed by atoms with Crippen molar-refractivity contribution in [3.05, 3.63) is 64.7 Å². The maximum atomic E-state index is 11.6. The molecule has 0 aromatic heterocycles. The fourth-order valence-electron chi connectivity index (χ4n) is 1.35. The van der Waals surface area contributed by atoms with Gasteiger partial charge in [-0.1, -0.05) is 18.2 Å². The van der Waals surface area contributed by atoms with Crippen LogP contribution in [0.15, 0.2) is 54.6 Å². The van der Waals surface area contributed by atoms with Gasteiger partial charge >= 0.3 is 10.4 Å². The zero-order valence-corrected chi connectivity index (χ0v) is 10.8. The lowest BCUT2D eigenvalue weighted by Crippen LogP contribution is -2.16. The normalized spacial score (nSPS) is 10.8. The third-order valence-corrected chi connectivity index (χ3v) is 2.98. The zero-order chi connectivity index (χ0) is 14.6. The monoisotopic (exact) mass is 295 g/mol. The maximum Gasteiger partial charge on any atom is 0.500 e. The molecule has 0 radical (unpaired) electrons.